The van der Waals surface area contributed by atoms with Gasteiger partial charge in [-0.25, -0.2) is 9.78 Å². The second kappa shape index (κ2) is 4.89. The van der Waals surface area contributed by atoms with Crippen molar-refractivity contribution in [1.82, 2.24) is 9.97 Å². The first-order chi connectivity index (χ1) is 7.40. The van der Waals surface area contributed by atoms with Gasteiger partial charge in [-0.2, -0.15) is 0 Å². The number of ether oxygens (including phenoxy) is 1. The molecule has 0 spiro atoms. The maximum atomic E-state index is 11.3. The van der Waals surface area contributed by atoms with Gasteiger partial charge < -0.3 is 9.84 Å². The summed E-state index contributed by atoms with van der Waals surface area (Å²) in [7, 11) is 0. The number of aromatic nitrogens is 2. The minimum atomic E-state index is -0.585. The van der Waals surface area contributed by atoms with E-state index in [9.17, 15) is 4.79 Å². The molecule has 0 atom stereocenters. The number of aliphatic hydroxyl groups is 1. The van der Waals surface area contributed by atoms with Crippen molar-refractivity contribution in [3.8, 4) is 0 Å². The van der Waals surface area contributed by atoms with Gasteiger partial charge in [0.25, 0.3) is 0 Å². The number of hydrogen-bond acceptors (Lipinski definition) is 5. The molecule has 0 fully saturated rings. The number of nitrogens with zero attached hydrogens (tertiary/aromatic N) is 2. The van der Waals surface area contributed by atoms with Gasteiger partial charge >= 0.3 is 6.09 Å². The Morgan fingerprint density at radius 1 is 1.44 bits per heavy atom. The van der Waals surface area contributed by atoms with Gasteiger partial charge in [-0.3, -0.25) is 10.3 Å². The molecular weight excluding hydrogens is 210 g/mol. The normalized spacial score (nSPS) is 11.0. The predicted octanol–water partition coefficient (Wildman–Crippen LogP) is 1.32. The molecule has 0 aliphatic rings. The lowest BCUT2D eigenvalue weighted by Gasteiger charge is -2.19. The van der Waals surface area contributed by atoms with Gasteiger partial charge in [-0.05, 0) is 20.8 Å². The number of anilines is 1. The highest BCUT2D eigenvalue weighted by Gasteiger charge is 2.16. The van der Waals surface area contributed by atoms with Crippen LogP contribution in [-0.2, 0) is 11.3 Å². The summed E-state index contributed by atoms with van der Waals surface area (Å²) >= 11 is 0. The van der Waals surface area contributed by atoms with E-state index >= 15 is 0 Å². The molecule has 16 heavy (non-hydrogen) atoms. The van der Waals surface area contributed by atoms with Crippen LogP contribution in [0.25, 0.3) is 0 Å². The summed E-state index contributed by atoms with van der Waals surface area (Å²) in [6.45, 7) is 5.13. The fourth-order valence-electron chi connectivity index (χ4n) is 0.909. The van der Waals surface area contributed by atoms with Crippen molar-refractivity contribution in [2.75, 3.05) is 5.32 Å². The molecule has 0 aliphatic heterocycles. The molecule has 0 saturated carbocycles. The predicted molar refractivity (Wildman–Crippen MR) is 57.8 cm³/mol. The van der Waals surface area contributed by atoms with Gasteiger partial charge in [0.05, 0.1) is 24.7 Å². The molecule has 0 radical (unpaired) electrons. The Labute approximate surface area is 93.7 Å². The van der Waals surface area contributed by atoms with E-state index in [0.717, 1.165) is 0 Å². The van der Waals surface area contributed by atoms with Crippen LogP contribution in [0.3, 0.4) is 0 Å². The van der Waals surface area contributed by atoms with Gasteiger partial charge in [0.15, 0.2) is 5.82 Å². The van der Waals surface area contributed by atoms with Crippen LogP contribution in [0.5, 0.6) is 0 Å². The van der Waals surface area contributed by atoms with Crippen LogP contribution in [0, 0.1) is 0 Å². The number of amides is 1. The van der Waals surface area contributed by atoms with Crippen molar-refractivity contribution in [1.29, 1.82) is 0 Å². The molecule has 1 rings (SSSR count). The van der Waals surface area contributed by atoms with E-state index in [-0.39, 0.29) is 12.4 Å². The maximum Gasteiger partial charge on any atom is 0.413 e. The monoisotopic (exact) mass is 225 g/mol. The summed E-state index contributed by atoms with van der Waals surface area (Å²) in [5.74, 6) is 0.284. The Morgan fingerprint density at radius 3 is 2.56 bits per heavy atom. The molecule has 6 nitrogen and oxygen atoms in total. The van der Waals surface area contributed by atoms with Crippen molar-refractivity contribution < 1.29 is 14.6 Å². The number of aliphatic hydroxyl groups excluding tert-OH is 1. The summed E-state index contributed by atoms with van der Waals surface area (Å²) in [4.78, 5) is 19.1. The second-order valence-corrected chi connectivity index (χ2v) is 4.18. The Bertz CT molecular complexity index is 357. The van der Waals surface area contributed by atoms with Crippen molar-refractivity contribution in [3.05, 3.63) is 18.1 Å². The van der Waals surface area contributed by atoms with Crippen molar-refractivity contribution in [2.45, 2.75) is 33.0 Å². The van der Waals surface area contributed by atoms with Gasteiger partial charge in [0.2, 0.25) is 0 Å². The zero-order valence-corrected chi connectivity index (χ0v) is 9.52. The summed E-state index contributed by atoms with van der Waals surface area (Å²) in [6, 6.07) is 0. The van der Waals surface area contributed by atoms with Crippen molar-refractivity contribution in [2.24, 2.45) is 0 Å². The Morgan fingerprint density at radius 2 is 2.12 bits per heavy atom. The molecule has 2 N–H and O–H groups in total. The molecule has 1 amide bonds. The van der Waals surface area contributed by atoms with Crippen LogP contribution < -0.4 is 5.32 Å². The molecule has 0 bridgehead atoms. The first-order valence-electron chi connectivity index (χ1n) is 4.82. The average molecular weight is 225 g/mol. The first-order valence-corrected chi connectivity index (χ1v) is 4.82. The zero-order chi connectivity index (χ0) is 12.2. The number of carbonyl (C=O) groups is 1. The summed E-state index contributed by atoms with van der Waals surface area (Å²) in [5, 5.41) is 11.2. The number of rotatable bonds is 2. The lowest BCUT2D eigenvalue weighted by molar-refractivity contribution is 0.0635. The van der Waals surface area contributed by atoms with Crippen molar-refractivity contribution in [3.63, 3.8) is 0 Å². The fourth-order valence-corrected chi connectivity index (χ4v) is 0.909. The highest BCUT2D eigenvalue weighted by atomic mass is 16.6. The molecule has 0 unspecified atom stereocenters. The standard InChI is InChI=1S/C10H15N3O3/c1-10(2,3)16-9(15)13-8-5-11-7(6-14)4-12-8/h4-5,14H,6H2,1-3H3,(H,12,13,15). The summed E-state index contributed by atoms with van der Waals surface area (Å²) in [6.07, 6.45) is 2.15. The van der Waals surface area contributed by atoms with Crippen LogP contribution in [0.4, 0.5) is 10.6 Å². The van der Waals surface area contributed by atoms with E-state index in [1.165, 1.54) is 12.4 Å². The van der Waals surface area contributed by atoms with E-state index in [4.69, 9.17) is 9.84 Å². The van der Waals surface area contributed by atoms with E-state index in [1.54, 1.807) is 20.8 Å². The Kier molecular flexibility index (Phi) is 3.78. The van der Waals surface area contributed by atoms with Crippen molar-refractivity contribution >= 4 is 11.9 Å². The van der Waals surface area contributed by atoms with Gasteiger partial charge in [0, 0.05) is 0 Å². The lowest BCUT2D eigenvalue weighted by Crippen LogP contribution is -2.27. The van der Waals surface area contributed by atoms with Gasteiger partial charge in [-0.1, -0.05) is 0 Å². The van der Waals surface area contributed by atoms with E-state index in [1.807, 2.05) is 0 Å². The van der Waals surface area contributed by atoms with E-state index < -0.39 is 11.7 Å². The minimum Gasteiger partial charge on any atom is -0.444 e. The smallest absolute Gasteiger partial charge is 0.413 e. The third-order valence-electron chi connectivity index (χ3n) is 1.50. The number of nitrogens with one attached hydrogen (secondary N) is 1. The Hall–Kier alpha value is -1.69. The average Bonchev–Trinajstić information content (AvgIpc) is 2.16. The fraction of sp³-hybridized carbons (Fsp3) is 0.500. The SMILES string of the molecule is CC(C)(C)OC(=O)Nc1cnc(CO)cn1. The van der Waals surface area contributed by atoms with Crippen LogP contribution >= 0.6 is 0 Å². The first kappa shape index (κ1) is 12.4. The largest absolute Gasteiger partial charge is 0.444 e. The highest BCUT2D eigenvalue weighted by molar-refractivity contribution is 5.83. The third-order valence-corrected chi connectivity index (χ3v) is 1.50. The topological polar surface area (TPSA) is 84.3 Å². The molecule has 6 heteroatoms. The maximum absolute atomic E-state index is 11.3. The number of hydrogen-bond donors (Lipinski definition) is 2. The molecular formula is C10H15N3O3. The van der Waals surface area contributed by atoms with Gasteiger partial charge in [0.1, 0.15) is 5.60 Å². The molecule has 88 valence electrons. The number of carbonyl (C=O) groups excluding carboxylic acids is 1. The molecule has 1 aromatic heterocycles. The molecule has 0 aliphatic carbocycles. The second-order valence-electron chi connectivity index (χ2n) is 4.18. The van der Waals surface area contributed by atoms with Crippen LogP contribution in [0.2, 0.25) is 0 Å². The highest BCUT2D eigenvalue weighted by Crippen LogP contribution is 2.09. The molecule has 1 heterocycles. The Balaban J connectivity index is 2.56. The summed E-state index contributed by atoms with van der Waals surface area (Å²) < 4.78 is 5.03. The van der Waals surface area contributed by atoms with Crippen LogP contribution in [0.15, 0.2) is 12.4 Å². The molecule has 1 aromatic rings. The van der Waals surface area contributed by atoms with E-state index in [0.29, 0.717) is 5.69 Å². The summed E-state index contributed by atoms with van der Waals surface area (Å²) in [5.41, 5.74) is -0.113. The van der Waals surface area contributed by atoms with Gasteiger partial charge in [-0.15, -0.1) is 0 Å². The zero-order valence-electron chi connectivity index (χ0n) is 9.52. The molecule has 0 aromatic carbocycles. The lowest BCUT2D eigenvalue weighted by atomic mass is 10.2. The van der Waals surface area contributed by atoms with Crippen LogP contribution in [0.1, 0.15) is 26.5 Å². The molecule has 0 saturated heterocycles. The quantitative estimate of drug-likeness (QED) is 0.792. The van der Waals surface area contributed by atoms with E-state index in [2.05, 4.69) is 15.3 Å². The minimum absolute atomic E-state index is 0.181. The third kappa shape index (κ3) is 4.22. The van der Waals surface area contributed by atoms with Crippen LogP contribution in [-0.4, -0.2) is 26.8 Å².